The predicted molar refractivity (Wildman–Crippen MR) is 54.6 cm³/mol. The van der Waals surface area contributed by atoms with Crippen LogP contribution in [0.4, 0.5) is 4.39 Å². The molecule has 0 saturated carbocycles. The first kappa shape index (κ1) is 10.7. The summed E-state index contributed by atoms with van der Waals surface area (Å²) in [6.07, 6.45) is -1.19. The number of hydrogen-bond donors (Lipinski definition) is 1. The fourth-order valence-corrected chi connectivity index (χ4v) is 1.59. The topological polar surface area (TPSA) is 64.1 Å². The monoisotopic (exact) mass is 226 g/mol. The molecule has 1 aliphatic rings. The van der Waals surface area contributed by atoms with E-state index < -0.39 is 29.6 Å². The maximum Gasteiger partial charge on any atom is 0.331 e. The number of H-pyrrole nitrogens is 1. The Balaban J connectivity index is 2.43. The van der Waals surface area contributed by atoms with Gasteiger partial charge in [-0.3, -0.25) is 14.3 Å². The summed E-state index contributed by atoms with van der Waals surface area (Å²) in [6.45, 7) is 5.19. The molecule has 1 unspecified atom stereocenters. The third-order valence-corrected chi connectivity index (χ3v) is 2.66. The van der Waals surface area contributed by atoms with Crippen molar-refractivity contribution in [3.63, 3.8) is 0 Å². The quantitative estimate of drug-likeness (QED) is 0.760. The number of nitrogens with one attached hydrogen (secondary N) is 1. The van der Waals surface area contributed by atoms with Gasteiger partial charge in [0.1, 0.15) is 0 Å². The van der Waals surface area contributed by atoms with Gasteiger partial charge in [0.25, 0.3) is 5.56 Å². The SMILES string of the molecule is C=C1O[C@@H](n2ccc(=O)[nH]c2=O)[C@@H](F)C1C. The lowest BCUT2D eigenvalue weighted by molar-refractivity contribution is 0.0427. The van der Waals surface area contributed by atoms with Gasteiger partial charge in [0, 0.05) is 12.3 Å². The van der Waals surface area contributed by atoms with Gasteiger partial charge in [0.05, 0.1) is 11.7 Å². The first-order valence-corrected chi connectivity index (χ1v) is 4.81. The van der Waals surface area contributed by atoms with Gasteiger partial charge in [-0.25, -0.2) is 9.18 Å². The van der Waals surface area contributed by atoms with E-state index in [9.17, 15) is 14.0 Å². The summed E-state index contributed by atoms with van der Waals surface area (Å²) in [4.78, 5) is 24.3. The van der Waals surface area contributed by atoms with Crippen molar-refractivity contribution in [3.8, 4) is 0 Å². The van der Waals surface area contributed by atoms with Crippen LogP contribution in [0.1, 0.15) is 13.2 Å². The number of aromatic amines is 1. The summed E-state index contributed by atoms with van der Waals surface area (Å²) >= 11 is 0. The summed E-state index contributed by atoms with van der Waals surface area (Å²) in [5.41, 5.74) is -1.22. The maximum atomic E-state index is 13.8. The molecular formula is C10H11FN2O3. The number of halogens is 1. The standard InChI is InChI=1S/C10H11FN2O3/c1-5-6(2)16-9(8(5)11)13-4-3-7(14)12-10(13)15/h3-5,8-9H,2H2,1H3,(H,12,14,15)/t5?,8-,9+/m0/s1. The van der Waals surface area contributed by atoms with E-state index in [2.05, 4.69) is 6.58 Å². The zero-order valence-corrected chi connectivity index (χ0v) is 8.64. The van der Waals surface area contributed by atoms with Gasteiger partial charge >= 0.3 is 5.69 Å². The molecule has 1 aromatic rings. The van der Waals surface area contributed by atoms with E-state index in [4.69, 9.17) is 4.74 Å². The van der Waals surface area contributed by atoms with Crippen molar-refractivity contribution in [1.82, 2.24) is 9.55 Å². The van der Waals surface area contributed by atoms with Gasteiger partial charge < -0.3 is 4.74 Å². The predicted octanol–water partition coefficient (Wildman–Crippen LogP) is 0.553. The molecule has 16 heavy (non-hydrogen) atoms. The Kier molecular flexibility index (Phi) is 2.41. The summed E-state index contributed by atoms with van der Waals surface area (Å²) in [6, 6.07) is 1.14. The first-order chi connectivity index (χ1) is 7.50. The van der Waals surface area contributed by atoms with Crippen LogP contribution >= 0.6 is 0 Å². The molecule has 0 aromatic carbocycles. The lowest BCUT2D eigenvalue weighted by Crippen LogP contribution is -2.34. The molecule has 0 aliphatic carbocycles. The second-order valence-corrected chi connectivity index (χ2v) is 3.73. The second-order valence-electron chi connectivity index (χ2n) is 3.73. The highest BCUT2D eigenvalue weighted by Crippen LogP contribution is 2.36. The number of aromatic nitrogens is 2. The largest absolute Gasteiger partial charge is 0.471 e. The molecule has 0 bridgehead atoms. The molecule has 1 fully saturated rings. The van der Waals surface area contributed by atoms with Gasteiger partial charge in [0.15, 0.2) is 6.17 Å². The summed E-state index contributed by atoms with van der Waals surface area (Å²) in [5.74, 6) is -0.167. The molecule has 3 atom stereocenters. The Morgan fingerprint density at radius 2 is 2.25 bits per heavy atom. The Bertz CT molecular complexity index is 533. The van der Waals surface area contributed by atoms with Gasteiger partial charge in [-0.15, -0.1) is 0 Å². The molecule has 6 heteroatoms. The van der Waals surface area contributed by atoms with E-state index in [0.29, 0.717) is 5.76 Å². The third kappa shape index (κ3) is 1.56. The minimum Gasteiger partial charge on any atom is -0.471 e. The van der Waals surface area contributed by atoms with Crippen LogP contribution in [0.15, 0.2) is 34.2 Å². The minimum atomic E-state index is -1.35. The van der Waals surface area contributed by atoms with Crippen molar-refractivity contribution in [2.75, 3.05) is 0 Å². The lowest BCUT2D eigenvalue weighted by Gasteiger charge is -2.14. The van der Waals surface area contributed by atoms with E-state index in [1.807, 2.05) is 4.98 Å². The van der Waals surface area contributed by atoms with E-state index in [1.54, 1.807) is 6.92 Å². The zero-order valence-electron chi connectivity index (χ0n) is 8.64. The first-order valence-electron chi connectivity index (χ1n) is 4.81. The lowest BCUT2D eigenvalue weighted by atomic mass is 10.1. The van der Waals surface area contributed by atoms with Crippen molar-refractivity contribution in [1.29, 1.82) is 0 Å². The molecule has 1 saturated heterocycles. The molecule has 0 radical (unpaired) electrons. The maximum absolute atomic E-state index is 13.8. The third-order valence-electron chi connectivity index (χ3n) is 2.66. The minimum absolute atomic E-state index is 0.301. The van der Waals surface area contributed by atoms with Crippen molar-refractivity contribution in [2.24, 2.45) is 5.92 Å². The second kappa shape index (κ2) is 3.62. The van der Waals surface area contributed by atoms with Crippen LogP contribution in [0.3, 0.4) is 0 Å². The van der Waals surface area contributed by atoms with Crippen LogP contribution in [0.25, 0.3) is 0 Å². The van der Waals surface area contributed by atoms with Crippen molar-refractivity contribution < 1.29 is 9.13 Å². The van der Waals surface area contributed by atoms with E-state index in [1.165, 1.54) is 6.20 Å². The smallest absolute Gasteiger partial charge is 0.331 e. The average molecular weight is 226 g/mol. The molecule has 2 heterocycles. The van der Waals surface area contributed by atoms with Crippen LogP contribution < -0.4 is 11.2 Å². The Morgan fingerprint density at radius 3 is 2.75 bits per heavy atom. The highest BCUT2D eigenvalue weighted by molar-refractivity contribution is 5.02. The molecule has 1 aromatic heterocycles. The molecule has 5 nitrogen and oxygen atoms in total. The molecule has 2 rings (SSSR count). The van der Waals surface area contributed by atoms with Crippen LogP contribution in [-0.4, -0.2) is 15.7 Å². The van der Waals surface area contributed by atoms with Crippen LogP contribution in [0.5, 0.6) is 0 Å². The Hall–Kier alpha value is -1.85. The van der Waals surface area contributed by atoms with Crippen molar-refractivity contribution >= 4 is 0 Å². The van der Waals surface area contributed by atoms with E-state index >= 15 is 0 Å². The number of rotatable bonds is 1. The Labute approximate surface area is 90.2 Å². The van der Waals surface area contributed by atoms with E-state index in [-0.39, 0.29) is 0 Å². The number of hydrogen-bond acceptors (Lipinski definition) is 3. The summed E-state index contributed by atoms with van der Waals surface area (Å²) < 4.78 is 19.9. The average Bonchev–Trinajstić information content (AvgIpc) is 2.46. The van der Waals surface area contributed by atoms with Crippen LogP contribution in [0, 0.1) is 5.92 Å². The van der Waals surface area contributed by atoms with Gasteiger partial charge in [0.2, 0.25) is 6.23 Å². The van der Waals surface area contributed by atoms with Crippen molar-refractivity contribution in [3.05, 3.63) is 45.4 Å². The molecule has 1 N–H and O–H groups in total. The van der Waals surface area contributed by atoms with Gasteiger partial charge in [-0.1, -0.05) is 13.5 Å². The Morgan fingerprint density at radius 1 is 1.56 bits per heavy atom. The van der Waals surface area contributed by atoms with Crippen LogP contribution in [-0.2, 0) is 4.74 Å². The number of allylic oxidation sites excluding steroid dienone is 1. The molecule has 1 aliphatic heterocycles. The number of alkyl halides is 1. The fraction of sp³-hybridized carbons (Fsp3) is 0.400. The molecular weight excluding hydrogens is 215 g/mol. The highest BCUT2D eigenvalue weighted by atomic mass is 19.1. The summed E-state index contributed by atoms with van der Waals surface area (Å²) in [5, 5.41) is 0. The molecule has 0 amide bonds. The fourth-order valence-electron chi connectivity index (χ4n) is 1.59. The normalized spacial score (nSPS) is 29.1. The number of ether oxygens (including phenoxy) is 1. The summed E-state index contributed by atoms with van der Waals surface area (Å²) in [7, 11) is 0. The van der Waals surface area contributed by atoms with E-state index in [0.717, 1.165) is 10.6 Å². The van der Waals surface area contributed by atoms with Crippen LogP contribution in [0.2, 0.25) is 0 Å². The van der Waals surface area contributed by atoms with Gasteiger partial charge in [-0.2, -0.15) is 0 Å². The molecule has 0 spiro atoms. The van der Waals surface area contributed by atoms with Gasteiger partial charge in [-0.05, 0) is 0 Å². The highest BCUT2D eigenvalue weighted by Gasteiger charge is 2.40. The molecule has 86 valence electrons. The van der Waals surface area contributed by atoms with Crippen molar-refractivity contribution in [2.45, 2.75) is 19.3 Å². The zero-order chi connectivity index (χ0) is 11.9. The number of nitrogens with zero attached hydrogens (tertiary/aromatic N) is 1.